The number of aromatic nitrogens is 3. The second kappa shape index (κ2) is 4.04. The van der Waals surface area contributed by atoms with Crippen LogP contribution in [-0.4, -0.2) is 39.3 Å². The summed E-state index contributed by atoms with van der Waals surface area (Å²) in [7, 11) is 1.90. The molecule has 2 aromatic rings. The Labute approximate surface area is 98.5 Å². The van der Waals surface area contributed by atoms with Crippen molar-refractivity contribution in [3.63, 3.8) is 0 Å². The first-order chi connectivity index (χ1) is 8.04. The molecule has 0 aliphatic rings. The fourth-order valence-electron chi connectivity index (χ4n) is 1.64. The van der Waals surface area contributed by atoms with E-state index in [0.29, 0.717) is 11.3 Å². The first kappa shape index (κ1) is 11.4. The molecule has 0 radical (unpaired) electrons. The molecule has 90 valence electrons. The normalized spacial score (nSPS) is 10.8. The van der Waals surface area contributed by atoms with Gasteiger partial charge in [-0.1, -0.05) is 0 Å². The van der Waals surface area contributed by atoms with Gasteiger partial charge in [-0.15, -0.1) is 5.10 Å². The van der Waals surface area contributed by atoms with E-state index in [0.717, 1.165) is 12.4 Å². The van der Waals surface area contributed by atoms with Gasteiger partial charge in [0, 0.05) is 13.6 Å². The van der Waals surface area contributed by atoms with Gasteiger partial charge in [0.25, 0.3) is 0 Å². The molecule has 0 saturated heterocycles. The smallest absolute Gasteiger partial charge is 0.356 e. The molecule has 0 bridgehead atoms. The van der Waals surface area contributed by atoms with Crippen LogP contribution in [0.25, 0.3) is 5.65 Å². The largest absolute Gasteiger partial charge is 0.476 e. The van der Waals surface area contributed by atoms with Crippen molar-refractivity contribution >= 4 is 17.4 Å². The average molecular weight is 234 g/mol. The molecule has 6 nitrogen and oxygen atoms in total. The topological polar surface area (TPSA) is 70.7 Å². The van der Waals surface area contributed by atoms with Crippen molar-refractivity contribution in [3.8, 4) is 0 Å². The van der Waals surface area contributed by atoms with Crippen LogP contribution in [0.3, 0.4) is 0 Å². The fourth-order valence-corrected chi connectivity index (χ4v) is 1.64. The second-order valence-corrected chi connectivity index (χ2v) is 3.83. The zero-order valence-electron chi connectivity index (χ0n) is 10.0. The van der Waals surface area contributed by atoms with Gasteiger partial charge in [0.1, 0.15) is 5.82 Å². The maximum absolute atomic E-state index is 11.1. The molecular weight excluding hydrogens is 220 g/mol. The minimum Gasteiger partial charge on any atom is -0.476 e. The molecule has 17 heavy (non-hydrogen) atoms. The molecule has 0 fully saturated rings. The number of rotatable bonds is 3. The van der Waals surface area contributed by atoms with E-state index in [4.69, 9.17) is 5.11 Å². The number of aromatic carboxylic acids is 1. The van der Waals surface area contributed by atoms with E-state index in [2.05, 4.69) is 10.1 Å². The van der Waals surface area contributed by atoms with Crippen molar-refractivity contribution in [2.75, 3.05) is 18.5 Å². The van der Waals surface area contributed by atoms with Crippen LogP contribution < -0.4 is 4.90 Å². The predicted octanol–water partition coefficient (Wildman–Crippen LogP) is 1.19. The zero-order chi connectivity index (χ0) is 12.6. The lowest BCUT2D eigenvalue weighted by Crippen LogP contribution is -2.19. The van der Waals surface area contributed by atoms with Crippen LogP contribution in [0.1, 0.15) is 23.1 Å². The molecule has 0 unspecified atom stereocenters. The van der Waals surface area contributed by atoms with E-state index in [1.54, 1.807) is 13.0 Å². The summed E-state index contributed by atoms with van der Waals surface area (Å²) in [6.07, 6.45) is 0. The van der Waals surface area contributed by atoms with Crippen molar-refractivity contribution in [1.82, 2.24) is 14.6 Å². The van der Waals surface area contributed by atoms with Crippen LogP contribution in [0.5, 0.6) is 0 Å². The van der Waals surface area contributed by atoms with E-state index in [9.17, 15) is 4.79 Å². The molecule has 1 N–H and O–H groups in total. The molecule has 0 aliphatic heterocycles. The quantitative estimate of drug-likeness (QED) is 0.863. The van der Waals surface area contributed by atoms with Crippen molar-refractivity contribution < 1.29 is 9.90 Å². The van der Waals surface area contributed by atoms with Gasteiger partial charge in [-0.25, -0.2) is 14.3 Å². The number of nitrogens with zero attached hydrogens (tertiary/aromatic N) is 4. The summed E-state index contributed by atoms with van der Waals surface area (Å²) in [6.45, 7) is 4.47. The molecule has 6 heteroatoms. The number of hydrogen-bond acceptors (Lipinski definition) is 4. The van der Waals surface area contributed by atoms with Crippen molar-refractivity contribution in [2.24, 2.45) is 0 Å². The van der Waals surface area contributed by atoms with Crippen LogP contribution in [0.15, 0.2) is 12.1 Å². The fraction of sp³-hybridized carbons (Fsp3) is 0.364. The molecule has 2 heterocycles. The Morgan fingerprint density at radius 2 is 2.24 bits per heavy atom. The molecular formula is C11H14N4O2. The van der Waals surface area contributed by atoms with E-state index in [-0.39, 0.29) is 5.69 Å². The molecule has 0 aliphatic carbocycles. The molecule has 0 saturated carbocycles. The van der Waals surface area contributed by atoms with Crippen molar-refractivity contribution in [1.29, 1.82) is 0 Å². The Hall–Kier alpha value is -2.11. The number of anilines is 1. The Balaban J connectivity index is 2.66. The third kappa shape index (κ3) is 1.82. The SMILES string of the molecule is CCN(C)c1ccc2nc(C)c(C(=O)O)n2n1. The Kier molecular flexibility index (Phi) is 2.71. The zero-order valence-corrected chi connectivity index (χ0v) is 10.0. The van der Waals surface area contributed by atoms with Crippen molar-refractivity contribution in [2.45, 2.75) is 13.8 Å². The Morgan fingerprint density at radius 3 is 2.82 bits per heavy atom. The van der Waals surface area contributed by atoms with Crippen LogP contribution >= 0.6 is 0 Å². The summed E-state index contributed by atoms with van der Waals surface area (Å²) in [5.41, 5.74) is 1.14. The van der Waals surface area contributed by atoms with Crippen LogP contribution in [0.2, 0.25) is 0 Å². The molecule has 0 spiro atoms. The highest BCUT2D eigenvalue weighted by Crippen LogP contribution is 2.14. The van der Waals surface area contributed by atoms with Gasteiger partial charge in [-0.3, -0.25) is 0 Å². The number of carbonyl (C=O) groups is 1. The number of aryl methyl sites for hydroxylation is 1. The number of carboxylic acids is 1. The number of fused-ring (bicyclic) bond motifs is 1. The third-order valence-electron chi connectivity index (χ3n) is 2.71. The highest BCUT2D eigenvalue weighted by molar-refractivity contribution is 5.88. The number of imidazole rings is 1. The Bertz CT molecular complexity index is 576. The lowest BCUT2D eigenvalue weighted by Gasteiger charge is -2.14. The lowest BCUT2D eigenvalue weighted by molar-refractivity contribution is 0.0687. The monoisotopic (exact) mass is 234 g/mol. The van der Waals surface area contributed by atoms with Crippen LogP contribution in [0, 0.1) is 6.92 Å². The summed E-state index contributed by atoms with van der Waals surface area (Å²) in [5, 5.41) is 13.4. The molecule has 2 aromatic heterocycles. The second-order valence-electron chi connectivity index (χ2n) is 3.83. The first-order valence-electron chi connectivity index (χ1n) is 5.35. The minimum atomic E-state index is -1.01. The maximum Gasteiger partial charge on any atom is 0.356 e. The number of carboxylic acid groups (broad SMARTS) is 1. The third-order valence-corrected chi connectivity index (χ3v) is 2.71. The Morgan fingerprint density at radius 1 is 1.53 bits per heavy atom. The lowest BCUT2D eigenvalue weighted by atomic mass is 10.3. The van der Waals surface area contributed by atoms with Gasteiger partial charge in [-0.2, -0.15) is 0 Å². The molecule has 0 amide bonds. The predicted molar refractivity (Wildman–Crippen MR) is 63.6 cm³/mol. The summed E-state index contributed by atoms with van der Waals surface area (Å²) >= 11 is 0. The highest BCUT2D eigenvalue weighted by Gasteiger charge is 2.17. The van der Waals surface area contributed by atoms with Gasteiger partial charge in [0.05, 0.1) is 5.69 Å². The molecule has 2 rings (SSSR count). The first-order valence-corrected chi connectivity index (χ1v) is 5.35. The summed E-state index contributed by atoms with van der Waals surface area (Å²) in [5.74, 6) is -0.293. The molecule has 0 atom stereocenters. The minimum absolute atomic E-state index is 0.117. The maximum atomic E-state index is 11.1. The van der Waals surface area contributed by atoms with Gasteiger partial charge in [0.15, 0.2) is 11.3 Å². The van der Waals surface area contributed by atoms with Gasteiger partial charge in [0.2, 0.25) is 0 Å². The van der Waals surface area contributed by atoms with Crippen LogP contribution in [0.4, 0.5) is 5.82 Å². The summed E-state index contributed by atoms with van der Waals surface area (Å²) in [4.78, 5) is 17.2. The van der Waals surface area contributed by atoms with Gasteiger partial charge >= 0.3 is 5.97 Å². The van der Waals surface area contributed by atoms with Gasteiger partial charge in [-0.05, 0) is 26.0 Å². The van der Waals surface area contributed by atoms with Crippen molar-refractivity contribution in [3.05, 3.63) is 23.5 Å². The van der Waals surface area contributed by atoms with Gasteiger partial charge < -0.3 is 10.0 Å². The van der Waals surface area contributed by atoms with E-state index in [1.165, 1.54) is 4.52 Å². The standard InChI is InChI=1S/C11H14N4O2/c1-4-14(3)9-6-5-8-12-7(2)10(11(16)17)15(8)13-9/h5-6H,4H2,1-3H3,(H,16,17). The molecule has 0 aromatic carbocycles. The van der Waals surface area contributed by atoms with E-state index >= 15 is 0 Å². The summed E-state index contributed by atoms with van der Waals surface area (Å²) < 4.78 is 1.37. The highest BCUT2D eigenvalue weighted by atomic mass is 16.4. The summed E-state index contributed by atoms with van der Waals surface area (Å²) in [6, 6.07) is 3.60. The van der Waals surface area contributed by atoms with E-state index in [1.807, 2.05) is 24.9 Å². The van der Waals surface area contributed by atoms with E-state index < -0.39 is 5.97 Å². The number of hydrogen-bond donors (Lipinski definition) is 1. The van der Waals surface area contributed by atoms with Crippen LogP contribution in [-0.2, 0) is 0 Å². The average Bonchev–Trinajstić information content (AvgIpc) is 2.62.